The summed E-state index contributed by atoms with van der Waals surface area (Å²) in [7, 11) is 1.59. The number of rotatable bonds is 8. The molecule has 0 aliphatic carbocycles. The lowest BCUT2D eigenvalue weighted by Crippen LogP contribution is -2.28. The van der Waals surface area contributed by atoms with Crippen molar-refractivity contribution in [1.29, 1.82) is 0 Å². The molecule has 0 unspecified atom stereocenters. The van der Waals surface area contributed by atoms with Crippen LogP contribution in [0.4, 0.5) is 0 Å². The van der Waals surface area contributed by atoms with Gasteiger partial charge in [0.25, 0.3) is 11.1 Å². The summed E-state index contributed by atoms with van der Waals surface area (Å²) in [5.74, 6) is 1.53. The lowest BCUT2D eigenvalue weighted by atomic mass is 10.0. The Morgan fingerprint density at radius 2 is 1.74 bits per heavy atom. The molecule has 0 saturated heterocycles. The molecule has 6 aromatic rings. The van der Waals surface area contributed by atoms with Gasteiger partial charge in [-0.25, -0.2) is 4.68 Å². The van der Waals surface area contributed by atoms with E-state index in [9.17, 15) is 9.59 Å². The molecule has 0 fully saturated rings. The molecule has 0 bridgehead atoms. The van der Waals surface area contributed by atoms with Crippen molar-refractivity contribution in [1.82, 2.24) is 24.4 Å². The minimum atomic E-state index is -0.458. The molecule has 0 spiro atoms. The number of para-hydroxylation sites is 1. The van der Waals surface area contributed by atoms with Crippen LogP contribution in [0.25, 0.3) is 28.0 Å². The highest BCUT2D eigenvalue weighted by atomic mass is 32.1. The molecular weight excluding hydrogens is 562 g/mol. The Bertz CT molecular complexity index is 2100. The third-order valence-electron chi connectivity index (χ3n) is 6.84. The minimum absolute atomic E-state index is 0.0558. The van der Waals surface area contributed by atoms with Crippen LogP contribution in [0.5, 0.6) is 11.5 Å². The average Bonchev–Trinajstić information content (AvgIpc) is 3.55. The summed E-state index contributed by atoms with van der Waals surface area (Å²) >= 11 is 1.12. The predicted molar refractivity (Wildman–Crippen MR) is 167 cm³/mol. The molecule has 216 valence electrons. The Labute approximate surface area is 251 Å². The Hall–Kier alpha value is -5.09. The summed E-state index contributed by atoms with van der Waals surface area (Å²) in [6.07, 6.45) is 3.98. The van der Waals surface area contributed by atoms with Crippen molar-refractivity contribution in [3.8, 4) is 28.4 Å². The summed E-state index contributed by atoms with van der Waals surface area (Å²) in [5, 5.41) is 9.31. The predicted octanol–water partition coefficient (Wildman–Crippen LogP) is 4.61. The molecule has 0 amide bonds. The molecule has 3 aromatic heterocycles. The van der Waals surface area contributed by atoms with Crippen molar-refractivity contribution < 1.29 is 9.47 Å². The van der Waals surface area contributed by atoms with Gasteiger partial charge in [0.2, 0.25) is 4.96 Å². The van der Waals surface area contributed by atoms with Crippen molar-refractivity contribution >= 4 is 22.4 Å². The number of hydrogen-bond donors (Lipinski definition) is 0. The number of aryl methyl sites for hydroxylation is 1. The van der Waals surface area contributed by atoms with Crippen molar-refractivity contribution in [2.75, 3.05) is 7.11 Å². The monoisotopic (exact) mass is 591 g/mol. The topological polar surface area (TPSA) is 101 Å². The largest absolute Gasteiger partial charge is 0.497 e. The van der Waals surface area contributed by atoms with Crippen LogP contribution in [0.3, 0.4) is 0 Å². The SMILES string of the molecule is COc1ccc(Cc2nn3c(=O)/c(=C/c4cn(-c5ccccc5)nc4-c4ccc(OC(C)C)c(C)c4)sc3nc2=O)cc1. The van der Waals surface area contributed by atoms with E-state index in [2.05, 4.69) is 10.1 Å². The van der Waals surface area contributed by atoms with Crippen molar-refractivity contribution in [3.63, 3.8) is 0 Å². The maximum atomic E-state index is 13.5. The Kier molecular flexibility index (Phi) is 7.60. The van der Waals surface area contributed by atoms with E-state index in [1.165, 1.54) is 4.52 Å². The van der Waals surface area contributed by atoms with E-state index in [0.29, 0.717) is 16.0 Å². The highest BCUT2D eigenvalue weighted by Gasteiger charge is 2.16. The fraction of sp³-hybridized carbons (Fsp3) is 0.182. The molecule has 0 atom stereocenters. The van der Waals surface area contributed by atoms with Crippen LogP contribution in [0.1, 0.15) is 36.2 Å². The fourth-order valence-electron chi connectivity index (χ4n) is 4.74. The first kappa shape index (κ1) is 28.0. The molecular formula is C33H29N5O4S. The van der Waals surface area contributed by atoms with E-state index in [0.717, 1.165) is 45.0 Å². The van der Waals surface area contributed by atoms with E-state index < -0.39 is 5.56 Å². The summed E-state index contributed by atoms with van der Waals surface area (Å²) < 4.78 is 14.5. The molecule has 0 N–H and O–H groups in total. The first-order chi connectivity index (χ1) is 20.8. The molecule has 10 heteroatoms. The Morgan fingerprint density at radius 1 is 0.977 bits per heavy atom. The van der Waals surface area contributed by atoms with Gasteiger partial charge in [-0.3, -0.25) is 9.59 Å². The van der Waals surface area contributed by atoms with Crippen LogP contribution in [0.15, 0.2) is 88.6 Å². The lowest BCUT2D eigenvalue weighted by molar-refractivity contribution is 0.241. The first-order valence-electron chi connectivity index (χ1n) is 13.8. The summed E-state index contributed by atoms with van der Waals surface area (Å²) in [4.78, 5) is 30.8. The third-order valence-corrected chi connectivity index (χ3v) is 7.80. The number of aromatic nitrogens is 5. The number of benzene rings is 3. The quantitative estimate of drug-likeness (QED) is 0.255. The van der Waals surface area contributed by atoms with Crippen LogP contribution >= 0.6 is 11.3 Å². The highest BCUT2D eigenvalue weighted by Crippen LogP contribution is 2.29. The van der Waals surface area contributed by atoms with Gasteiger partial charge in [0.15, 0.2) is 0 Å². The van der Waals surface area contributed by atoms with E-state index in [1.54, 1.807) is 17.9 Å². The molecule has 0 radical (unpaired) electrons. The highest BCUT2D eigenvalue weighted by molar-refractivity contribution is 7.15. The maximum absolute atomic E-state index is 13.5. The first-order valence-corrected chi connectivity index (χ1v) is 14.6. The van der Waals surface area contributed by atoms with E-state index in [-0.39, 0.29) is 28.7 Å². The smallest absolute Gasteiger partial charge is 0.296 e. The van der Waals surface area contributed by atoms with Gasteiger partial charge >= 0.3 is 0 Å². The van der Waals surface area contributed by atoms with Gasteiger partial charge in [-0.1, -0.05) is 41.7 Å². The maximum Gasteiger partial charge on any atom is 0.296 e. The average molecular weight is 592 g/mol. The molecule has 6 rings (SSSR count). The molecule has 0 aliphatic heterocycles. The zero-order valence-electron chi connectivity index (χ0n) is 24.1. The molecule has 0 saturated carbocycles. The van der Waals surface area contributed by atoms with Gasteiger partial charge in [0.05, 0.1) is 23.4 Å². The van der Waals surface area contributed by atoms with Crippen molar-refractivity contribution in [2.45, 2.75) is 33.3 Å². The van der Waals surface area contributed by atoms with Gasteiger partial charge in [-0.2, -0.15) is 19.7 Å². The lowest BCUT2D eigenvalue weighted by Gasteiger charge is -2.13. The van der Waals surface area contributed by atoms with Crippen LogP contribution in [0.2, 0.25) is 0 Å². The second kappa shape index (κ2) is 11.7. The molecule has 3 aromatic carbocycles. The second-order valence-electron chi connectivity index (χ2n) is 10.4. The van der Waals surface area contributed by atoms with Crippen LogP contribution in [-0.4, -0.2) is 37.6 Å². The van der Waals surface area contributed by atoms with Crippen LogP contribution in [0, 0.1) is 6.92 Å². The second-order valence-corrected chi connectivity index (χ2v) is 11.4. The van der Waals surface area contributed by atoms with Crippen molar-refractivity contribution in [2.24, 2.45) is 0 Å². The van der Waals surface area contributed by atoms with Gasteiger partial charge in [0.1, 0.15) is 22.9 Å². The number of fused-ring (bicyclic) bond motifs is 1. The standard InChI is InChI=1S/C33H29N5O4S/c1-20(2)42-28-15-12-23(16-21(28)3)30-24(19-37(36-30)25-8-6-5-7-9-25)18-29-32(40)38-33(43-29)34-31(39)27(35-38)17-22-10-13-26(41-4)14-11-22/h5-16,18-20H,17H2,1-4H3/b29-18-. The minimum Gasteiger partial charge on any atom is -0.497 e. The third kappa shape index (κ3) is 5.82. The van der Waals surface area contributed by atoms with E-state index in [1.807, 2.05) is 99.8 Å². The zero-order chi connectivity index (χ0) is 30.1. The normalized spacial score (nSPS) is 11.9. The number of ether oxygens (including phenoxy) is 2. The van der Waals surface area contributed by atoms with Gasteiger partial charge in [-0.05, 0) is 80.4 Å². The van der Waals surface area contributed by atoms with Gasteiger partial charge in [0, 0.05) is 23.7 Å². The molecule has 0 aliphatic rings. The van der Waals surface area contributed by atoms with Crippen LogP contribution < -0.4 is 25.1 Å². The Balaban J connectivity index is 1.45. The number of nitrogens with zero attached hydrogens (tertiary/aromatic N) is 5. The molecule has 3 heterocycles. The zero-order valence-corrected chi connectivity index (χ0v) is 25.0. The van der Waals surface area contributed by atoms with Gasteiger partial charge < -0.3 is 9.47 Å². The summed E-state index contributed by atoms with van der Waals surface area (Å²) in [5.41, 5.74) is 4.45. The number of methoxy groups -OCH3 is 1. The number of thiazole rings is 1. The van der Waals surface area contributed by atoms with E-state index in [4.69, 9.17) is 14.6 Å². The van der Waals surface area contributed by atoms with Crippen LogP contribution in [-0.2, 0) is 6.42 Å². The van der Waals surface area contributed by atoms with Crippen molar-refractivity contribution in [3.05, 3.63) is 127 Å². The summed E-state index contributed by atoms with van der Waals surface area (Å²) in [6, 6.07) is 23.1. The fourth-order valence-corrected chi connectivity index (χ4v) is 5.64. The Morgan fingerprint density at radius 3 is 2.44 bits per heavy atom. The summed E-state index contributed by atoms with van der Waals surface area (Å²) in [6.45, 7) is 5.98. The van der Waals surface area contributed by atoms with E-state index >= 15 is 0 Å². The van der Waals surface area contributed by atoms with Gasteiger partial charge in [-0.15, -0.1) is 0 Å². The number of hydrogen-bond acceptors (Lipinski definition) is 8. The molecule has 9 nitrogen and oxygen atoms in total. The molecule has 43 heavy (non-hydrogen) atoms.